The van der Waals surface area contributed by atoms with E-state index < -0.39 is 5.91 Å². The molecule has 1 amide bonds. The van der Waals surface area contributed by atoms with Crippen molar-refractivity contribution in [2.75, 3.05) is 5.32 Å². The molecule has 2 N–H and O–H groups in total. The normalized spacial score (nSPS) is 11.0. The lowest BCUT2D eigenvalue weighted by Gasteiger charge is -2.09. The van der Waals surface area contributed by atoms with Crippen LogP contribution in [0.2, 0.25) is 0 Å². The fraction of sp³-hybridized carbons (Fsp3) is 0.111. The molecule has 0 fully saturated rings. The van der Waals surface area contributed by atoms with E-state index in [1.54, 1.807) is 18.2 Å². The van der Waals surface area contributed by atoms with E-state index in [-0.39, 0.29) is 11.3 Å². The number of aromatic hydroxyl groups is 1. The van der Waals surface area contributed by atoms with Crippen LogP contribution in [0.1, 0.15) is 16.7 Å². The van der Waals surface area contributed by atoms with Crippen molar-refractivity contribution in [2.45, 2.75) is 13.8 Å². The molecule has 0 aromatic heterocycles. The zero-order valence-electron chi connectivity index (χ0n) is 13.0. The van der Waals surface area contributed by atoms with E-state index in [9.17, 15) is 15.2 Å². The molecule has 0 saturated carbocycles. The molecule has 6 heteroatoms. The van der Waals surface area contributed by atoms with Gasteiger partial charge >= 0.3 is 0 Å². The number of nitrogens with one attached hydrogen (secondary N) is 1. The SMILES string of the molecule is Cc1ccc(NC(=O)C(C#N)=Cc2cc(Br)cc(Br)c2O)c(C)c1. The number of aryl methyl sites for hydroxylation is 2. The quantitative estimate of drug-likeness (QED) is 0.506. The molecule has 0 aliphatic rings. The Morgan fingerprint density at radius 3 is 2.58 bits per heavy atom. The van der Waals surface area contributed by atoms with Crippen LogP contribution in [0.15, 0.2) is 44.9 Å². The Balaban J connectivity index is 2.34. The molecule has 2 aromatic rings. The molecular formula is C18H14Br2N2O2. The van der Waals surface area contributed by atoms with Crippen LogP contribution in [-0.4, -0.2) is 11.0 Å². The van der Waals surface area contributed by atoms with Crippen molar-refractivity contribution < 1.29 is 9.90 Å². The van der Waals surface area contributed by atoms with Gasteiger partial charge in [-0.2, -0.15) is 5.26 Å². The summed E-state index contributed by atoms with van der Waals surface area (Å²) in [6, 6.07) is 10.8. The zero-order chi connectivity index (χ0) is 17.9. The standard InChI is InChI=1S/C18H14Br2N2O2/c1-10-3-4-16(11(2)5-10)22-18(24)13(9-21)6-12-7-14(19)8-15(20)17(12)23/h3-8,23H,1-2H3,(H,22,24). The molecule has 0 saturated heterocycles. The molecule has 0 unspecified atom stereocenters. The molecule has 0 aliphatic heterocycles. The minimum Gasteiger partial charge on any atom is -0.506 e. The lowest BCUT2D eigenvalue weighted by Crippen LogP contribution is -2.14. The van der Waals surface area contributed by atoms with Gasteiger partial charge in [-0.3, -0.25) is 4.79 Å². The van der Waals surface area contributed by atoms with Gasteiger partial charge in [0.1, 0.15) is 17.4 Å². The number of nitriles is 1. The molecule has 122 valence electrons. The minimum atomic E-state index is -0.528. The maximum atomic E-state index is 12.4. The maximum Gasteiger partial charge on any atom is 0.266 e. The van der Waals surface area contributed by atoms with Crippen LogP contribution in [0.4, 0.5) is 5.69 Å². The molecule has 0 atom stereocenters. The van der Waals surface area contributed by atoms with Crippen LogP contribution in [0.5, 0.6) is 5.75 Å². The third kappa shape index (κ3) is 4.25. The molecular weight excluding hydrogens is 436 g/mol. The van der Waals surface area contributed by atoms with Crippen molar-refractivity contribution in [1.82, 2.24) is 0 Å². The largest absolute Gasteiger partial charge is 0.506 e. The van der Waals surface area contributed by atoms with E-state index in [1.807, 2.05) is 32.0 Å². The molecule has 0 radical (unpaired) electrons. The molecule has 2 aromatic carbocycles. The molecule has 0 heterocycles. The number of hydrogen-bond donors (Lipinski definition) is 2. The average Bonchev–Trinajstić information content (AvgIpc) is 2.51. The minimum absolute atomic E-state index is 0.0368. The molecule has 24 heavy (non-hydrogen) atoms. The Hall–Kier alpha value is -2.10. The van der Waals surface area contributed by atoms with Crippen LogP contribution in [0, 0.1) is 25.2 Å². The Morgan fingerprint density at radius 2 is 1.96 bits per heavy atom. The number of amides is 1. The fourth-order valence-corrected chi connectivity index (χ4v) is 3.40. The van der Waals surface area contributed by atoms with E-state index in [0.717, 1.165) is 11.1 Å². The topological polar surface area (TPSA) is 73.1 Å². The van der Waals surface area contributed by atoms with E-state index in [4.69, 9.17) is 0 Å². The lowest BCUT2D eigenvalue weighted by molar-refractivity contribution is -0.112. The van der Waals surface area contributed by atoms with Crippen LogP contribution >= 0.6 is 31.9 Å². The number of halogens is 2. The van der Waals surface area contributed by atoms with Crippen molar-refractivity contribution in [3.05, 3.63) is 61.5 Å². The van der Waals surface area contributed by atoms with Gasteiger partial charge in [-0.1, -0.05) is 33.6 Å². The monoisotopic (exact) mass is 448 g/mol. The Kier molecular flexibility index (Phi) is 5.81. The number of rotatable bonds is 3. The lowest BCUT2D eigenvalue weighted by atomic mass is 10.1. The predicted molar refractivity (Wildman–Crippen MR) is 102 cm³/mol. The average molecular weight is 450 g/mol. The summed E-state index contributed by atoms with van der Waals surface area (Å²) in [5.41, 5.74) is 2.91. The van der Waals surface area contributed by atoms with Crippen molar-refractivity contribution in [3.8, 4) is 11.8 Å². The second-order valence-electron chi connectivity index (χ2n) is 5.27. The third-order valence-electron chi connectivity index (χ3n) is 3.35. The molecule has 2 rings (SSSR count). The van der Waals surface area contributed by atoms with Gasteiger partial charge in [0.15, 0.2) is 0 Å². The fourth-order valence-electron chi connectivity index (χ4n) is 2.14. The van der Waals surface area contributed by atoms with Gasteiger partial charge in [-0.25, -0.2) is 0 Å². The number of benzene rings is 2. The van der Waals surface area contributed by atoms with Gasteiger partial charge in [0.05, 0.1) is 4.47 Å². The number of hydrogen-bond acceptors (Lipinski definition) is 3. The summed E-state index contributed by atoms with van der Waals surface area (Å²) in [5.74, 6) is -0.565. The smallest absolute Gasteiger partial charge is 0.266 e. The summed E-state index contributed by atoms with van der Waals surface area (Å²) in [6.07, 6.45) is 1.35. The highest BCUT2D eigenvalue weighted by atomic mass is 79.9. The first-order chi connectivity index (χ1) is 11.3. The third-order valence-corrected chi connectivity index (χ3v) is 4.42. The van der Waals surface area contributed by atoms with E-state index in [2.05, 4.69) is 37.2 Å². The van der Waals surface area contributed by atoms with Gasteiger partial charge < -0.3 is 10.4 Å². The van der Waals surface area contributed by atoms with Gasteiger partial charge in [-0.15, -0.1) is 0 Å². The van der Waals surface area contributed by atoms with E-state index in [0.29, 0.717) is 20.2 Å². The summed E-state index contributed by atoms with van der Waals surface area (Å²) >= 11 is 6.54. The van der Waals surface area contributed by atoms with Crippen LogP contribution in [0.3, 0.4) is 0 Å². The van der Waals surface area contributed by atoms with Crippen molar-refractivity contribution >= 4 is 49.5 Å². The molecule has 0 aliphatic carbocycles. The molecule has 0 bridgehead atoms. The number of carbonyl (C=O) groups excluding carboxylic acids is 1. The van der Waals surface area contributed by atoms with Gasteiger partial charge in [0, 0.05) is 15.7 Å². The number of carbonyl (C=O) groups is 1. The highest BCUT2D eigenvalue weighted by Gasteiger charge is 2.13. The van der Waals surface area contributed by atoms with Gasteiger partial charge in [0.25, 0.3) is 5.91 Å². The first-order valence-corrected chi connectivity index (χ1v) is 8.59. The van der Waals surface area contributed by atoms with Crippen molar-refractivity contribution in [2.24, 2.45) is 0 Å². The number of nitrogens with zero attached hydrogens (tertiary/aromatic N) is 1. The van der Waals surface area contributed by atoms with Gasteiger partial charge in [-0.05, 0) is 59.6 Å². The van der Waals surface area contributed by atoms with E-state index >= 15 is 0 Å². The Morgan fingerprint density at radius 1 is 1.25 bits per heavy atom. The number of phenols is 1. The van der Waals surface area contributed by atoms with Crippen LogP contribution < -0.4 is 5.32 Å². The Bertz CT molecular complexity index is 883. The second-order valence-corrected chi connectivity index (χ2v) is 7.04. The van der Waals surface area contributed by atoms with Crippen LogP contribution in [0.25, 0.3) is 6.08 Å². The second kappa shape index (κ2) is 7.65. The maximum absolute atomic E-state index is 12.4. The molecule has 4 nitrogen and oxygen atoms in total. The summed E-state index contributed by atoms with van der Waals surface area (Å²) < 4.78 is 1.18. The van der Waals surface area contributed by atoms with Crippen molar-refractivity contribution in [3.63, 3.8) is 0 Å². The first kappa shape index (κ1) is 18.2. The number of phenolic OH excluding ortho intramolecular Hbond substituents is 1. The van der Waals surface area contributed by atoms with Crippen molar-refractivity contribution in [1.29, 1.82) is 5.26 Å². The van der Waals surface area contributed by atoms with Crippen LogP contribution in [-0.2, 0) is 4.79 Å². The predicted octanol–water partition coefficient (Wildman–Crippen LogP) is 5.08. The summed E-state index contributed by atoms with van der Waals surface area (Å²) in [7, 11) is 0. The summed E-state index contributed by atoms with van der Waals surface area (Å²) in [4.78, 5) is 12.4. The highest BCUT2D eigenvalue weighted by Crippen LogP contribution is 2.33. The van der Waals surface area contributed by atoms with Gasteiger partial charge in [0.2, 0.25) is 0 Å². The Labute approximate surface area is 157 Å². The zero-order valence-corrected chi connectivity index (χ0v) is 16.2. The molecule has 0 spiro atoms. The number of anilines is 1. The van der Waals surface area contributed by atoms with E-state index in [1.165, 1.54) is 6.08 Å². The summed E-state index contributed by atoms with van der Waals surface area (Å²) in [6.45, 7) is 3.85. The first-order valence-electron chi connectivity index (χ1n) is 7.00. The summed E-state index contributed by atoms with van der Waals surface area (Å²) in [5, 5.41) is 22.1. The highest BCUT2D eigenvalue weighted by molar-refractivity contribution is 9.11.